The van der Waals surface area contributed by atoms with E-state index in [1.165, 1.54) is 23.1 Å². The molecule has 0 atom stereocenters. The number of thiophene rings is 1. The zero-order valence-electron chi connectivity index (χ0n) is 13.2. The summed E-state index contributed by atoms with van der Waals surface area (Å²) >= 11 is 2.74. The lowest BCUT2D eigenvalue weighted by molar-refractivity contribution is 0.0699. The molecule has 0 fully saturated rings. The number of ether oxygens (including phenoxy) is 2. The van der Waals surface area contributed by atoms with E-state index < -0.39 is 5.97 Å². The number of benzene rings is 2. The zero-order chi connectivity index (χ0) is 17.1. The Morgan fingerprint density at radius 3 is 2.58 bits per heavy atom. The predicted octanol–water partition coefficient (Wildman–Crippen LogP) is 4.91. The smallest absolute Gasteiger partial charge is 0.347 e. The van der Waals surface area contributed by atoms with E-state index in [0.29, 0.717) is 17.2 Å². The molecule has 0 spiro atoms. The number of aromatic carboxylic acids is 1. The monoisotopic (exact) mass is 360 g/mol. The summed E-state index contributed by atoms with van der Waals surface area (Å²) in [5.41, 5.74) is 0.905. The average Bonchev–Trinajstić information content (AvgIpc) is 2.93. The fourth-order valence-electron chi connectivity index (χ4n) is 2.45. The highest BCUT2D eigenvalue weighted by atomic mass is 32.2. The highest BCUT2D eigenvalue weighted by Crippen LogP contribution is 2.43. The SMILES string of the molecule is COCc1cc2sc(C(=O)O)c(Sc3ccccc3)c2cc1OC. The minimum atomic E-state index is -0.915. The van der Waals surface area contributed by atoms with Gasteiger partial charge in [0.1, 0.15) is 10.6 Å². The third kappa shape index (κ3) is 3.26. The van der Waals surface area contributed by atoms with E-state index in [-0.39, 0.29) is 0 Å². The van der Waals surface area contributed by atoms with Crippen LogP contribution in [0.5, 0.6) is 5.75 Å². The first kappa shape index (κ1) is 16.8. The lowest BCUT2D eigenvalue weighted by atomic mass is 10.1. The van der Waals surface area contributed by atoms with Gasteiger partial charge in [0.25, 0.3) is 0 Å². The van der Waals surface area contributed by atoms with Gasteiger partial charge >= 0.3 is 5.97 Å². The zero-order valence-corrected chi connectivity index (χ0v) is 14.9. The first-order valence-electron chi connectivity index (χ1n) is 7.22. The Labute approximate surface area is 148 Å². The van der Waals surface area contributed by atoms with Crippen LogP contribution in [0, 0.1) is 0 Å². The van der Waals surface area contributed by atoms with Crippen LogP contribution < -0.4 is 4.74 Å². The molecule has 24 heavy (non-hydrogen) atoms. The Balaban J connectivity index is 2.17. The second-order valence-corrected chi connectivity index (χ2v) is 7.21. The molecular formula is C18H16O4S2. The molecule has 1 N–H and O–H groups in total. The van der Waals surface area contributed by atoms with Crippen molar-refractivity contribution in [2.45, 2.75) is 16.4 Å². The number of carbonyl (C=O) groups is 1. The Bertz CT molecular complexity index is 872. The van der Waals surface area contributed by atoms with Crippen LogP contribution in [0.3, 0.4) is 0 Å². The van der Waals surface area contributed by atoms with Gasteiger partial charge in [-0.05, 0) is 24.3 Å². The number of fused-ring (bicyclic) bond motifs is 1. The van der Waals surface area contributed by atoms with Gasteiger partial charge in [-0.15, -0.1) is 11.3 Å². The minimum absolute atomic E-state index is 0.343. The average molecular weight is 360 g/mol. The van der Waals surface area contributed by atoms with E-state index >= 15 is 0 Å². The van der Waals surface area contributed by atoms with Crippen molar-refractivity contribution < 1.29 is 19.4 Å². The van der Waals surface area contributed by atoms with Gasteiger partial charge < -0.3 is 14.6 Å². The van der Waals surface area contributed by atoms with E-state index in [4.69, 9.17) is 9.47 Å². The predicted molar refractivity (Wildman–Crippen MR) is 96.6 cm³/mol. The molecule has 4 nitrogen and oxygen atoms in total. The van der Waals surface area contributed by atoms with Crippen LogP contribution in [-0.2, 0) is 11.3 Å². The van der Waals surface area contributed by atoms with Gasteiger partial charge in [0.05, 0.1) is 13.7 Å². The van der Waals surface area contributed by atoms with Crippen molar-refractivity contribution in [3.8, 4) is 5.75 Å². The van der Waals surface area contributed by atoms with E-state index in [2.05, 4.69) is 0 Å². The third-order valence-electron chi connectivity index (χ3n) is 3.50. The molecule has 0 aliphatic rings. The van der Waals surface area contributed by atoms with E-state index in [1.807, 2.05) is 42.5 Å². The van der Waals surface area contributed by atoms with Crippen LogP contribution in [0.1, 0.15) is 15.2 Å². The maximum Gasteiger partial charge on any atom is 0.347 e. The number of rotatable bonds is 6. The van der Waals surface area contributed by atoms with Crippen molar-refractivity contribution in [2.75, 3.05) is 14.2 Å². The van der Waals surface area contributed by atoms with Crippen LogP contribution in [0.4, 0.5) is 0 Å². The van der Waals surface area contributed by atoms with Gasteiger partial charge in [-0.3, -0.25) is 0 Å². The van der Waals surface area contributed by atoms with Crippen LogP contribution in [0.15, 0.2) is 52.3 Å². The van der Waals surface area contributed by atoms with Gasteiger partial charge in [0.15, 0.2) is 0 Å². The molecule has 6 heteroatoms. The Morgan fingerprint density at radius 1 is 1.21 bits per heavy atom. The third-order valence-corrected chi connectivity index (χ3v) is 5.91. The quantitative estimate of drug-likeness (QED) is 0.677. The summed E-state index contributed by atoms with van der Waals surface area (Å²) in [4.78, 5) is 13.8. The van der Waals surface area contributed by atoms with E-state index in [0.717, 1.165) is 25.4 Å². The molecule has 0 aliphatic heterocycles. The number of carboxylic acid groups (broad SMARTS) is 1. The number of carboxylic acids is 1. The highest BCUT2D eigenvalue weighted by molar-refractivity contribution is 7.99. The van der Waals surface area contributed by atoms with Crippen LogP contribution in [0.2, 0.25) is 0 Å². The maximum absolute atomic E-state index is 11.7. The van der Waals surface area contributed by atoms with Crippen LogP contribution in [0.25, 0.3) is 10.1 Å². The molecule has 1 heterocycles. The molecule has 0 saturated heterocycles. The van der Waals surface area contributed by atoms with Crippen molar-refractivity contribution in [1.29, 1.82) is 0 Å². The van der Waals surface area contributed by atoms with Crippen molar-refractivity contribution in [3.63, 3.8) is 0 Å². The summed E-state index contributed by atoms with van der Waals surface area (Å²) < 4.78 is 11.6. The fourth-order valence-corrected chi connectivity index (χ4v) is 4.73. The molecule has 0 amide bonds. The van der Waals surface area contributed by atoms with Crippen molar-refractivity contribution in [2.24, 2.45) is 0 Å². The summed E-state index contributed by atoms with van der Waals surface area (Å²) in [6.07, 6.45) is 0. The molecule has 2 aromatic carbocycles. The summed E-state index contributed by atoms with van der Waals surface area (Å²) in [5.74, 6) is -0.212. The van der Waals surface area contributed by atoms with Gasteiger partial charge in [-0.2, -0.15) is 0 Å². The lowest BCUT2D eigenvalue weighted by Gasteiger charge is -2.09. The van der Waals surface area contributed by atoms with Crippen molar-refractivity contribution in [3.05, 3.63) is 52.9 Å². The molecule has 0 unspecified atom stereocenters. The second-order valence-electron chi connectivity index (χ2n) is 5.07. The normalized spacial score (nSPS) is 10.9. The van der Waals surface area contributed by atoms with Gasteiger partial charge in [-0.1, -0.05) is 30.0 Å². The van der Waals surface area contributed by atoms with Crippen LogP contribution in [-0.4, -0.2) is 25.3 Å². The van der Waals surface area contributed by atoms with Crippen LogP contribution >= 0.6 is 23.1 Å². The fraction of sp³-hybridized carbons (Fsp3) is 0.167. The van der Waals surface area contributed by atoms with E-state index in [9.17, 15) is 9.90 Å². The summed E-state index contributed by atoms with van der Waals surface area (Å²) in [5, 5.41) is 10.5. The van der Waals surface area contributed by atoms with Gasteiger partial charge in [-0.25, -0.2) is 4.79 Å². The summed E-state index contributed by atoms with van der Waals surface area (Å²) in [7, 11) is 3.23. The lowest BCUT2D eigenvalue weighted by Crippen LogP contribution is -1.94. The van der Waals surface area contributed by atoms with Gasteiger partial charge in [0, 0.05) is 32.6 Å². The molecule has 3 rings (SSSR count). The minimum Gasteiger partial charge on any atom is -0.496 e. The maximum atomic E-state index is 11.7. The Hall–Kier alpha value is -2.02. The molecule has 3 aromatic rings. The topological polar surface area (TPSA) is 55.8 Å². The Kier molecular flexibility index (Phi) is 5.08. The number of hydrogen-bond acceptors (Lipinski definition) is 5. The van der Waals surface area contributed by atoms with Crippen molar-refractivity contribution in [1.82, 2.24) is 0 Å². The second kappa shape index (κ2) is 7.25. The first-order valence-corrected chi connectivity index (χ1v) is 8.86. The first-order chi connectivity index (χ1) is 11.6. The highest BCUT2D eigenvalue weighted by Gasteiger charge is 2.20. The molecule has 1 aromatic heterocycles. The molecule has 124 valence electrons. The molecule has 0 saturated carbocycles. The van der Waals surface area contributed by atoms with E-state index in [1.54, 1.807) is 14.2 Å². The number of methoxy groups -OCH3 is 2. The number of hydrogen-bond donors (Lipinski definition) is 1. The largest absolute Gasteiger partial charge is 0.496 e. The van der Waals surface area contributed by atoms with Gasteiger partial charge in [0.2, 0.25) is 0 Å². The molecule has 0 radical (unpaired) electrons. The standard InChI is InChI=1S/C18H16O4S2/c1-21-10-11-8-15-13(9-14(11)22-2)16(17(24-15)18(19)20)23-12-6-4-3-5-7-12/h3-9H,10H2,1-2H3,(H,19,20). The molecular weight excluding hydrogens is 344 g/mol. The van der Waals surface area contributed by atoms with Crippen molar-refractivity contribution >= 4 is 39.2 Å². The summed E-state index contributed by atoms with van der Waals surface area (Å²) in [6, 6.07) is 13.6. The molecule has 0 bridgehead atoms. The molecule has 0 aliphatic carbocycles. The summed E-state index contributed by atoms with van der Waals surface area (Å²) in [6.45, 7) is 0.417. The Morgan fingerprint density at radius 2 is 1.96 bits per heavy atom.